The molecular weight excluding hydrogens is 320 g/mol. The zero-order chi connectivity index (χ0) is 15.7. The van der Waals surface area contributed by atoms with Crippen molar-refractivity contribution in [2.75, 3.05) is 26.2 Å². The van der Waals surface area contributed by atoms with Gasteiger partial charge in [0, 0.05) is 19.0 Å². The smallest absolute Gasteiger partial charge is 0.226 e. The molecule has 1 amide bonds. The highest BCUT2D eigenvalue weighted by Gasteiger charge is 2.58. The standard InChI is InChI=1S/C20H28N2O.ClH/c23-19(18-15-20(18)8-10-21-11-9-20)22-12-6-17(7-13-22)14-16-4-2-1-3-5-16;/h1-5,17-18,21H,6-15H2;1H. The molecule has 1 atom stereocenters. The number of amides is 1. The van der Waals surface area contributed by atoms with Gasteiger partial charge in [-0.05, 0) is 68.5 Å². The zero-order valence-electron chi connectivity index (χ0n) is 14.4. The molecule has 1 N–H and O–H groups in total. The van der Waals surface area contributed by atoms with Crippen LogP contribution in [0.5, 0.6) is 0 Å². The van der Waals surface area contributed by atoms with E-state index in [2.05, 4.69) is 40.5 Å². The van der Waals surface area contributed by atoms with E-state index < -0.39 is 0 Å². The maximum Gasteiger partial charge on any atom is 0.226 e. The third-order valence-electron chi connectivity index (χ3n) is 6.38. The van der Waals surface area contributed by atoms with Gasteiger partial charge in [-0.1, -0.05) is 30.3 Å². The number of nitrogens with one attached hydrogen (secondary N) is 1. The molecule has 3 nitrogen and oxygen atoms in total. The first-order valence-electron chi connectivity index (χ1n) is 9.30. The molecule has 0 aromatic heterocycles. The number of hydrogen-bond donors (Lipinski definition) is 1. The van der Waals surface area contributed by atoms with E-state index in [0.717, 1.165) is 38.5 Å². The molecule has 1 aliphatic carbocycles. The Morgan fingerprint density at radius 1 is 1.12 bits per heavy atom. The van der Waals surface area contributed by atoms with Gasteiger partial charge in [0.15, 0.2) is 0 Å². The van der Waals surface area contributed by atoms with Gasteiger partial charge in [0.05, 0.1) is 0 Å². The summed E-state index contributed by atoms with van der Waals surface area (Å²) in [6.45, 7) is 4.15. The van der Waals surface area contributed by atoms with Crippen molar-refractivity contribution in [3.8, 4) is 0 Å². The molecule has 2 aliphatic heterocycles. The molecule has 2 saturated heterocycles. The summed E-state index contributed by atoms with van der Waals surface area (Å²) in [5.74, 6) is 1.55. The molecule has 1 unspecified atom stereocenters. The lowest BCUT2D eigenvalue weighted by Gasteiger charge is -2.33. The van der Waals surface area contributed by atoms with Crippen LogP contribution in [0.15, 0.2) is 30.3 Å². The fraction of sp³-hybridized carbons (Fsp3) is 0.650. The minimum absolute atomic E-state index is 0. The van der Waals surface area contributed by atoms with Gasteiger partial charge in [-0.25, -0.2) is 0 Å². The van der Waals surface area contributed by atoms with Crippen molar-refractivity contribution in [2.45, 2.75) is 38.5 Å². The molecule has 0 radical (unpaired) electrons. The van der Waals surface area contributed by atoms with Gasteiger partial charge in [-0.15, -0.1) is 12.4 Å². The second-order valence-electron chi connectivity index (χ2n) is 7.83. The summed E-state index contributed by atoms with van der Waals surface area (Å²) in [6.07, 6.45) is 7.06. The van der Waals surface area contributed by atoms with Crippen LogP contribution in [0.1, 0.15) is 37.7 Å². The third kappa shape index (κ3) is 3.62. The first-order valence-corrected chi connectivity index (χ1v) is 9.30. The summed E-state index contributed by atoms with van der Waals surface area (Å²) in [5.41, 5.74) is 1.82. The Labute approximate surface area is 151 Å². The van der Waals surface area contributed by atoms with E-state index in [1.54, 1.807) is 0 Å². The van der Waals surface area contributed by atoms with Crippen LogP contribution in [-0.2, 0) is 11.2 Å². The Hall–Kier alpha value is -1.06. The normalized spacial score (nSPS) is 26.0. The highest BCUT2D eigenvalue weighted by molar-refractivity contribution is 5.85. The van der Waals surface area contributed by atoms with E-state index in [1.165, 1.54) is 37.7 Å². The third-order valence-corrected chi connectivity index (χ3v) is 6.38. The van der Waals surface area contributed by atoms with Gasteiger partial charge in [0.25, 0.3) is 0 Å². The van der Waals surface area contributed by atoms with Crippen LogP contribution in [-0.4, -0.2) is 37.0 Å². The molecule has 1 aromatic rings. The number of piperidine rings is 2. The lowest BCUT2D eigenvalue weighted by atomic mass is 9.89. The molecule has 3 fully saturated rings. The van der Waals surface area contributed by atoms with Gasteiger partial charge < -0.3 is 10.2 Å². The number of halogens is 1. The topological polar surface area (TPSA) is 32.3 Å². The highest BCUT2D eigenvalue weighted by atomic mass is 35.5. The molecule has 4 rings (SSSR count). The Bertz CT molecular complexity index is 548. The van der Waals surface area contributed by atoms with Crippen molar-refractivity contribution in [1.82, 2.24) is 10.2 Å². The summed E-state index contributed by atoms with van der Waals surface area (Å²) >= 11 is 0. The molecule has 1 saturated carbocycles. The second kappa shape index (κ2) is 7.45. The molecule has 1 spiro atoms. The number of hydrogen-bond acceptors (Lipinski definition) is 2. The minimum Gasteiger partial charge on any atom is -0.342 e. The maximum absolute atomic E-state index is 12.8. The van der Waals surface area contributed by atoms with Crippen LogP contribution < -0.4 is 5.32 Å². The highest BCUT2D eigenvalue weighted by Crippen LogP contribution is 2.59. The van der Waals surface area contributed by atoms with Gasteiger partial charge in [0.2, 0.25) is 5.91 Å². The molecule has 2 heterocycles. The van der Waals surface area contributed by atoms with Crippen LogP contribution in [0.3, 0.4) is 0 Å². The molecule has 0 bridgehead atoms. The first kappa shape index (κ1) is 17.8. The molecule has 3 aliphatic rings. The zero-order valence-corrected chi connectivity index (χ0v) is 15.2. The van der Waals surface area contributed by atoms with Crippen molar-refractivity contribution in [3.63, 3.8) is 0 Å². The fourth-order valence-corrected chi connectivity index (χ4v) is 4.70. The van der Waals surface area contributed by atoms with E-state index in [0.29, 0.717) is 17.2 Å². The number of carbonyl (C=O) groups is 1. The Kier molecular flexibility index (Phi) is 5.51. The van der Waals surface area contributed by atoms with Gasteiger partial charge in [0.1, 0.15) is 0 Å². The Morgan fingerprint density at radius 3 is 2.46 bits per heavy atom. The van der Waals surface area contributed by atoms with Crippen molar-refractivity contribution >= 4 is 18.3 Å². The van der Waals surface area contributed by atoms with Crippen molar-refractivity contribution < 1.29 is 4.79 Å². The summed E-state index contributed by atoms with van der Waals surface area (Å²) in [4.78, 5) is 15.0. The summed E-state index contributed by atoms with van der Waals surface area (Å²) in [5, 5.41) is 3.42. The van der Waals surface area contributed by atoms with E-state index in [9.17, 15) is 4.79 Å². The monoisotopic (exact) mass is 348 g/mol. The van der Waals surface area contributed by atoms with E-state index >= 15 is 0 Å². The van der Waals surface area contributed by atoms with Gasteiger partial charge in [-0.3, -0.25) is 4.79 Å². The predicted octanol–water partition coefficient (Wildman–Crippen LogP) is 3.28. The average Bonchev–Trinajstić information content (AvgIpc) is 3.29. The number of nitrogens with zero attached hydrogens (tertiary/aromatic N) is 1. The van der Waals surface area contributed by atoms with Crippen LogP contribution in [0.2, 0.25) is 0 Å². The lowest BCUT2D eigenvalue weighted by molar-refractivity contribution is -0.135. The van der Waals surface area contributed by atoms with E-state index in [4.69, 9.17) is 0 Å². The molecule has 4 heteroatoms. The lowest BCUT2D eigenvalue weighted by Crippen LogP contribution is -2.41. The molecular formula is C20H29ClN2O. The van der Waals surface area contributed by atoms with Crippen molar-refractivity contribution in [3.05, 3.63) is 35.9 Å². The number of benzene rings is 1. The largest absolute Gasteiger partial charge is 0.342 e. The van der Waals surface area contributed by atoms with Crippen LogP contribution in [0.25, 0.3) is 0 Å². The summed E-state index contributed by atoms with van der Waals surface area (Å²) in [6, 6.07) is 10.8. The number of carbonyl (C=O) groups excluding carboxylic acids is 1. The quantitative estimate of drug-likeness (QED) is 0.909. The van der Waals surface area contributed by atoms with Crippen LogP contribution in [0.4, 0.5) is 0 Å². The number of likely N-dealkylation sites (tertiary alicyclic amines) is 1. The SMILES string of the molecule is Cl.O=C(C1CC12CCNCC2)N1CCC(Cc2ccccc2)CC1. The minimum atomic E-state index is 0. The summed E-state index contributed by atoms with van der Waals surface area (Å²) < 4.78 is 0. The maximum atomic E-state index is 12.8. The fourth-order valence-electron chi connectivity index (χ4n) is 4.70. The Balaban J connectivity index is 0.00000169. The molecule has 24 heavy (non-hydrogen) atoms. The number of rotatable bonds is 3. The van der Waals surface area contributed by atoms with Crippen LogP contribution >= 0.6 is 12.4 Å². The average molecular weight is 349 g/mol. The van der Waals surface area contributed by atoms with Gasteiger partial charge >= 0.3 is 0 Å². The van der Waals surface area contributed by atoms with Gasteiger partial charge in [-0.2, -0.15) is 0 Å². The summed E-state index contributed by atoms with van der Waals surface area (Å²) in [7, 11) is 0. The van der Waals surface area contributed by atoms with Crippen molar-refractivity contribution in [2.24, 2.45) is 17.3 Å². The Morgan fingerprint density at radius 2 is 1.79 bits per heavy atom. The second-order valence-corrected chi connectivity index (χ2v) is 7.83. The molecule has 1 aromatic carbocycles. The van der Waals surface area contributed by atoms with Crippen LogP contribution in [0, 0.1) is 17.3 Å². The van der Waals surface area contributed by atoms with Crippen molar-refractivity contribution in [1.29, 1.82) is 0 Å². The first-order chi connectivity index (χ1) is 11.3. The van der Waals surface area contributed by atoms with E-state index in [1.807, 2.05) is 0 Å². The van der Waals surface area contributed by atoms with E-state index in [-0.39, 0.29) is 12.4 Å². The molecule has 132 valence electrons. The predicted molar refractivity (Wildman–Crippen MR) is 99.3 cm³/mol.